The Morgan fingerprint density at radius 1 is 1.07 bits per heavy atom. The monoisotopic (exact) mass is 418 g/mol. The molecule has 5 nitrogen and oxygen atoms in total. The molecule has 1 heterocycles. The van der Waals surface area contributed by atoms with Crippen LogP contribution in [0.2, 0.25) is 0 Å². The number of thiophene rings is 1. The van der Waals surface area contributed by atoms with Crippen LogP contribution in [0, 0.1) is 5.82 Å². The quantitative estimate of drug-likeness (QED) is 0.588. The second kappa shape index (κ2) is 9.09. The number of hydrogen-bond donors (Lipinski definition) is 2. The van der Waals surface area contributed by atoms with E-state index in [1.54, 1.807) is 11.3 Å². The molecular formula is C20H19FN2O3S2. The molecule has 0 saturated carbocycles. The molecule has 3 aromatic rings. The van der Waals surface area contributed by atoms with Gasteiger partial charge in [-0.25, -0.2) is 17.5 Å². The molecule has 0 fully saturated rings. The number of rotatable bonds is 8. The molecule has 0 aliphatic heterocycles. The summed E-state index contributed by atoms with van der Waals surface area (Å²) in [6, 6.07) is 14.5. The molecule has 0 aliphatic rings. The average molecular weight is 419 g/mol. The topological polar surface area (TPSA) is 75.3 Å². The lowest BCUT2D eigenvalue weighted by Gasteiger charge is -2.10. The second-order valence-corrected chi connectivity index (χ2v) is 8.60. The third kappa shape index (κ3) is 5.25. The number of carbonyl (C=O) groups is 1. The van der Waals surface area contributed by atoms with Gasteiger partial charge in [-0.2, -0.15) is 11.3 Å². The van der Waals surface area contributed by atoms with Crippen LogP contribution in [0.5, 0.6) is 0 Å². The number of halogens is 1. The minimum Gasteiger partial charge on any atom is -0.352 e. The van der Waals surface area contributed by atoms with Gasteiger partial charge in [0.2, 0.25) is 15.9 Å². The zero-order chi connectivity index (χ0) is 20.0. The minimum absolute atomic E-state index is 0.0187. The Morgan fingerprint density at radius 2 is 1.89 bits per heavy atom. The molecule has 0 spiro atoms. The molecule has 1 amide bonds. The predicted molar refractivity (Wildman–Crippen MR) is 108 cm³/mol. The van der Waals surface area contributed by atoms with Gasteiger partial charge in [-0.05, 0) is 51.7 Å². The standard InChI is InChI=1S/C20H19FN2O3S2/c21-17-5-3-6-18(12-17)28(25,26)23-10-8-20(24)22-13-15-4-1-2-7-19(15)16-9-11-27-14-16/h1-7,9,11-12,14,23H,8,10,13H2,(H,22,24). The molecule has 2 aromatic carbocycles. The Hall–Kier alpha value is -2.55. The van der Waals surface area contributed by atoms with Crippen molar-refractivity contribution >= 4 is 27.3 Å². The molecule has 8 heteroatoms. The smallest absolute Gasteiger partial charge is 0.240 e. The van der Waals surface area contributed by atoms with Crippen molar-refractivity contribution in [3.05, 3.63) is 76.7 Å². The highest BCUT2D eigenvalue weighted by atomic mass is 32.2. The van der Waals surface area contributed by atoms with Crippen LogP contribution in [0.3, 0.4) is 0 Å². The Bertz CT molecular complexity index is 1050. The van der Waals surface area contributed by atoms with Gasteiger partial charge in [-0.1, -0.05) is 30.3 Å². The van der Waals surface area contributed by atoms with Crippen molar-refractivity contribution in [2.45, 2.75) is 17.9 Å². The number of amides is 1. The first-order valence-corrected chi connectivity index (χ1v) is 11.0. The predicted octanol–water partition coefficient (Wildman–Crippen LogP) is 3.54. The number of hydrogen-bond acceptors (Lipinski definition) is 4. The molecular weight excluding hydrogens is 399 g/mol. The first kappa shape index (κ1) is 20.2. The van der Waals surface area contributed by atoms with E-state index in [0.717, 1.165) is 22.8 Å². The van der Waals surface area contributed by atoms with Crippen molar-refractivity contribution in [3.8, 4) is 11.1 Å². The summed E-state index contributed by atoms with van der Waals surface area (Å²) in [4.78, 5) is 11.9. The fourth-order valence-electron chi connectivity index (χ4n) is 2.67. The Kier molecular flexibility index (Phi) is 6.56. The van der Waals surface area contributed by atoms with Gasteiger partial charge in [0.15, 0.2) is 0 Å². The van der Waals surface area contributed by atoms with E-state index in [9.17, 15) is 17.6 Å². The highest BCUT2D eigenvalue weighted by Crippen LogP contribution is 2.25. The Balaban J connectivity index is 1.52. The van der Waals surface area contributed by atoms with Crippen LogP contribution >= 0.6 is 11.3 Å². The number of nitrogens with one attached hydrogen (secondary N) is 2. The SMILES string of the molecule is O=C(CCNS(=O)(=O)c1cccc(F)c1)NCc1ccccc1-c1ccsc1. The molecule has 0 bridgehead atoms. The van der Waals surface area contributed by atoms with E-state index >= 15 is 0 Å². The fourth-order valence-corrected chi connectivity index (χ4v) is 4.39. The van der Waals surface area contributed by atoms with Gasteiger partial charge in [0.1, 0.15) is 5.82 Å². The van der Waals surface area contributed by atoms with Gasteiger partial charge in [-0.15, -0.1) is 0 Å². The Labute approximate surface area is 167 Å². The highest BCUT2D eigenvalue weighted by molar-refractivity contribution is 7.89. The average Bonchev–Trinajstić information content (AvgIpc) is 3.21. The zero-order valence-electron chi connectivity index (χ0n) is 14.9. The van der Waals surface area contributed by atoms with Gasteiger partial charge in [0.05, 0.1) is 4.90 Å². The van der Waals surface area contributed by atoms with Gasteiger partial charge < -0.3 is 5.32 Å². The second-order valence-electron chi connectivity index (χ2n) is 6.05. The molecule has 0 saturated heterocycles. The zero-order valence-corrected chi connectivity index (χ0v) is 16.5. The van der Waals surface area contributed by atoms with Crippen LogP contribution in [-0.2, 0) is 21.4 Å². The summed E-state index contributed by atoms with van der Waals surface area (Å²) < 4.78 is 39.7. The number of sulfonamides is 1. The van der Waals surface area contributed by atoms with Crippen LogP contribution in [0.15, 0.2) is 70.3 Å². The van der Waals surface area contributed by atoms with Crippen LogP contribution < -0.4 is 10.0 Å². The van der Waals surface area contributed by atoms with E-state index in [4.69, 9.17) is 0 Å². The molecule has 146 valence electrons. The molecule has 0 radical (unpaired) electrons. The van der Waals surface area contributed by atoms with E-state index < -0.39 is 15.8 Å². The summed E-state index contributed by atoms with van der Waals surface area (Å²) in [6.45, 7) is 0.276. The molecule has 0 aliphatic carbocycles. The summed E-state index contributed by atoms with van der Waals surface area (Å²) >= 11 is 1.60. The first-order valence-electron chi connectivity index (χ1n) is 8.58. The molecule has 28 heavy (non-hydrogen) atoms. The maximum atomic E-state index is 13.2. The van der Waals surface area contributed by atoms with Crippen molar-refractivity contribution in [2.24, 2.45) is 0 Å². The van der Waals surface area contributed by atoms with Crippen LogP contribution in [0.4, 0.5) is 4.39 Å². The Morgan fingerprint density at radius 3 is 2.64 bits per heavy atom. The summed E-state index contributed by atoms with van der Waals surface area (Å²) in [6.07, 6.45) is -0.0187. The van der Waals surface area contributed by atoms with Gasteiger partial charge in [0.25, 0.3) is 0 Å². The van der Waals surface area contributed by atoms with Gasteiger partial charge in [0, 0.05) is 19.5 Å². The molecule has 3 rings (SSSR count). The third-order valence-electron chi connectivity index (χ3n) is 4.08. The lowest BCUT2D eigenvalue weighted by atomic mass is 10.0. The lowest BCUT2D eigenvalue weighted by molar-refractivity contribution is -0.121. The molecule has 0 atom stereocenters. The molecule has 1 aromatic heterocycles. The van der Waals surface area contributed by atoms with Crippen LogP contribution in [0.25, 0.3) is 11.1 Å². The maximum absolute atomic E-state index is 13.2. The number of benzene rings is 2. The molecule has 0 unspecified atom stereocenters. The fraction of sp³-hybridized carbons (Fsp3) is 0.150. The lowest BCUT2D eigenvalue weighted by Crippen LogP contribution is -2.30. The molecule has 2 N–H and O–H groups in total. The van der Waals surface area contributed by atoms with E-state index in [2.05, 4.69) is 10.0 Å². The van der Waals surface area contributed by atoms with Crippen molar-refractivity contribution in [2.75, 3.05) is 6.54 Å². The summed E-state index contributed by atoms with van der Waals surface area (Å²) in [5.41, 5.74) is 3.13. The third-order valence-corrected chi connectivity index (χ3v) is 6.22. The van der Waals surface area contributed by atoms with Crippen molar-refractivity contribution < 1.29 is 17.6 Å². The van der Waals surface area contributed by atoms with Crippen LogP contribution in [-0.4, -0.2) is 20.9 Å². The van der Waals surface area contributed by atoms with E-state index in [1.165, 1.54) is 18.2 Å². The van der Waals surface area contributed by atoms with Gasteiger partial charge >= 0.3 is 0 Å². The van der Waals surface area contributed by atoms with Crippen LogP contribution in [0.1, 0.15) is 12.0 Å². The maximum Gasteiger partial charge on any atom is 0.240 e. The van der Waals surface area contributed by atoms with E-state index in [1.807, 2.05) is 41.1 Å². The largest absolute Gasteiger partial charge is 0.352 e. The van der Waals surface area contributed by atoms with E-state index in [-0.39, 0.29) is 23.8 Å². The van der Waals surface area contributed by atoms with Crippen molar-refractivity contribution in [1.29, 1.82) is 0 Å². The summed E-state index contributed by atoms with van der Waals surface area (Å²) in [5, 5.41) is 6.85. The van der Waals surface area contributed by atoms with Crippen molar-refractivity contribution in [1.82, 2.24) is 10.0 Å². The highest BCUT2D eigenvalue weighted by Gasteiger charge is 2.15. The number of carbonyl (C=O) groups excluding carboxylic acids is 1. The van der Waals surface area contributed by atoms with Gasteiger partial charge in [-0.3, -0.25) is 4.79 Å². The van der Waals surface area contributed by atoms with E-state index in [0.29, 0.717) is 6.54 Å². The van der Waals surface area contributed by atoms with Crippen molar-refractivity contribution in [3.63, 3.8) is 0 Å². The summed E-state index contributed by atoms with van der Waals surface area (Å²) in [7, 11) is -3.85. The minimum atomic E-state index is -3.85. The normalized spacial score (nSPS) is 11.3. The first-order chi connectivity index (χ1) is 13.5. The summed E-state index contributed by atoms with van der Waals surface area (Å²) in [5.74, 6) is -0.910.